The van der Waals surface area contributed by atoms with Crippen LogP contribution in [0.4, 0.5) is 0 Å². The monoisotopic (exact) mass is 626 g/mol. The molecule has 2 aliphatic rings. The van der Waals surface area contributed by atoms with Gasteiger partial charge < -0.3 is 19.3 Å². The van der Waals surface area contributed by atoms with Gasteiger partial charge in [0.1, 0.15) is 23.2 Å². The van der Waals surface area contributed by atoms with Crippen molar-refractivity contribution >= 4 is 17.9 Å². The first-order valence-electron chi connectivity index (χ1n) is 17.1. The van der Waals surface area contributed by atoms with E-state index in [-0.39, 0.29) is 23.4 Å². The number of hydrogen-bond acceptors (Lipinski definition) is 6. The smallest absolute Gasteiger partial charge is 0.343 e. The minimum atomic E-state index is -1.11. The summed E-state index contributed by atoms with van der Waals surface area (Å²) in [5, 5.41) is 9.73. The van der Waals surface area contributed by atoms with Crippen molar-refractivity contribution in [3.8, 4) is 11.5 Å². The van der Waals surface area contributed by atoms with E-state index >= 15 is 0 Å². The van der Waals surface area contributed by atoms with Crippen molar-refractivity contribution in [1.29, 1.82) is 0 Å². The van der Waals surface area contributed by atoms with Gasteiger partial charge in [-0.1, -0.05) is 64.0 Å². The second-order valence-electron chi connectivity index (χ2n) is 12.6. The number of carbonyl (C=O) groups excluding carboxylic acids is 2. The van der Waals surface area contributed by atoms with Crippen LogP contribution in [0.15, 0.2) is 54.6 Å². The molecule has 0 aliphatic heterocycles. The average Bonchev–Trinajstić information content (AvgIpc) is 3.07. The van der Waals surface area contributed by atoms with Crippen LogP contribution in [0.25, 0.3) is 0 Å². The molecular formula is C39H46O7. The van der Waals surface area contributed by atoms with Gasteiger partial charge in [0.05, 0.1) is 17.7 Å². The van der Waals surface area contributed by atoms with Gasteiger partial charge in [0.2, 0.25) is 0 Å². The van der Waals surface area contributed by atoms with Crippen LogP contribution in [0, 0.1) is 0 Å². The summed E-state index contributed by atoms with van der Waals surface area (Å²) in [6, 6.07) is 15.9. The zero-order valence-electron chi connectivity index (χ0n) is 27.0. The standard InChI is InChI=1S/C39H46O7/c1-2-3-4-5-6-7-8-11-24-44-32-20-16-28(17-21-32)38(42)45-33-22-18-29-25-31(15-14-30(29)26-33)39(43)46-36-34-13-10-9-12-27(34)19-23-35(36)37(40)41/h14-17,19-21,23,25,33H,2-13,18,22,24,26H2,1H3,(H,40,41). The Morgan fingerprint density at radius 3 is 2.20 bits per heavy atom. The highest BCUT2D eigenvalue weighted by atomic mass is 16.5. The first-order chi connectivity index (χ1) is 22.4. The lowest BCUT2D eigenvalue weighted by Crippen LogP contribution is -2.26. The lowest BCUT2D eigenvalue weighted by molar-refractivity contribution is 0.0270. The van der Waals surface area contributed by atoms with Gasteiger partial charge in [-0.05, 0) is 110 Å². The van der Waals surface area contributed by atoms with E-state index in [0.29, 0.717) is 43.4 Å². The summed E-state index contributed by atoms with van der Waals surface area (Å²) in [5.74, 6) is -1.11. The Labute approximate surface area is 272 Å². The largest absolute Gasteiger partial charge is 0.494 e. The molecule has 7 heteroatoms. The molecule has 3 aromatic rings. The molecule has 0 saturated heterocycles. The number of rotatable bonds is 15. The summed E-state index contributed by atoms with van der Waals surface area (Å²) in [4.78, 5) is 38.0. The predicted octanol–water partition coefficient (Wildman–Crippen LogP) is 8.72. The molecule has 1 N–H and O–H groups in total. The van der Waals surface area contributed by atoms with Gasteiger partial charge in [-0.3, -0.25) is 0 Å². The zero-order chi connectivity index (χ0) is 32.3. The predicted molar refractivity (Wildman–Crippen MR) is 177 cm³/mol. The Balaban J connectivity index is 1.10. The molecule has 0 radical (unpaired) electrons. The number of aromatic carboxylic acids is 1. The normalized spacial score (nSPS) is 15.4. The van der Waals surface area contributed by atoms with Crippen molar-refractivity contribution in [3.05, 3.63) is 93.5 Å². The first-order valence-corrected chi connectivity index (χ1v) is 17.1. The number of aryl methyl sites for hydroxylation is 2. The number of fused-ring (bicyclic) bond motifs is 2. The number of unbranched alkanes of at least 4 members (excludes halogenated alkanes) is 7. The number of carboxylic acid groups (broad SMARTS) is 1. The highest BCUT2D eigenvalue weighted by Gasteiger charge is 2.26. The molecule has 5 rings (SSSR count). The van der Waals surface area contributed by atoms with Crippen molar-refractivity contribution in [2.24, 2.45) is 0 Å². The van der Waals surface area contributed by atoms with E-state index in [1.54, 1.807) is 18.2 Å². The third-order valence-corrected chi connectivity index (χ3v) is 9.16. The number of carbonyl (C=O) groups is 3. The van der Waals surface area contributed by atoms with Gasteiger partial charge in [0, 0.05) is 6.42 Å². The molecule has 0 spiro atoms. The van der Waals surface area contributed by atoms with E-state index in [9.17, 15) is 19.5 Å². The summed E-state index contributed by atoms with van der Waals surface area (Å²) in [5.41, 5.74) is 4.78. The van der Waals surface area contributed by atoms with Gasteiger partial charge >= 0.3 is 17.9 Å². The van der Waals surface area contributed by atoms with Crippen LogP contribution in [0.2, 0.25) is 0 Å². The molecule has 244 valence electrons. The molecule has 0 amide bonds. The molecule has 46 heavy (non-hydrogen) atoms. The van der Waals surface area contributed by atoms with Crippen molar-refractivity contribution in [2.75, 3.05) is 6.61 Å². The van der Waals surface area contributed by atoms with E-state index in [2.05, 4.69) is 6.92 Å². The molecule has 3 aromatic carbocycles. The lowest BCUT2D eigenvalue weighted by atomic mass is 9.88. The molecule has 0 bridgehead atoms. The van der Waals surface area contributed by atoms with Crippen molar-refractivity contribution < 1.29 is 33.7 Å². The van der Waals surface area contributed by atoms with Gasteiger partial charge in [-0.2, -0.15) is 0 Å². The maximum atomic E-state index is 13.2. The second-order valence-corrected chi connectivity index (χ2v) is 12.6. The number of hydrogen-bond donors (Lipinski definition) is 1. The van der Waals surface area contributed by atoms with Crippen LogP contribution in [-0.4, -0.2) is 35.7 Å². The molecule has 1 atom stereocenters. The third-order valence-electron chi connectivity index (χ3n) is 9.16. The Kier molecular flexibility index (Phi) is 11.9. The van der Waals surface area contributed by atoms with Crippen molar-refractivity contribution in [2.45, 2.75) is 109 Å². The quantitative estimate of drug-likeness (QED) is 0.102. The van der Waals surface area contributed by atoms with Crippen LogP contribution >= 0.6 is 0 Å². The number of esters is 2. The fourth-order valence-corrected chi connectivity index (χ4v) is 6.51. The second kappa shape index (κ2) is 16.4. The van der Waals surface area contributed by atoms with Crippen molar-refractivity contribution in [1.82, 2.24) is 0 Å². The van der Waals surface area contributed by atoms with Crippen LogP contribution in [0.1, 0.15) is 131 Å². The van der Waals surface area contributed by atoms with E-state index in [1.165, 1.54) is 51.0 Å². The first kappa shape index (κ1) is 33.2. The Morgan fingerprint density at radius 1 is 0.739 bits per heavy atom. The zero-order valence-corrected chi connectivity index (χ0v) is 27.0. The number of carboxylic acids is 1. The lowest BCUT2D eigenvalue weighted by Gasteiger charge is -2.25. The average molecular weight is 627 g/mol. The van der Waals surface area contributed by atoms with E-state index < -0.39 is 11.9 Å². The van der Waals surface area contributed by atoms with Crippen LogP contribution in [0.3, 0.4) is 0 Å². The maximum Gasteiger partial charge on any atom is 0.343 e. The van der Waals surface area contributed by atoms with Gasteiger partial charge in [0.25, 0.3) is 0 Å². The SMILES string of the molecule is CCCCCCCCCCOc1ccc(C(=O)OC2CCc3cc(C(=O)Oc4c(C(=O)O)ccc5c4CCCC5)ccc3C2)cc1. The van der Waals surface area contributed by atoms with Crippen LogP contribution < -0.4 is 9.47 Å². The van der Waals surface area contributed by atoms with E-state index in [0.717, 1.165) is 53.7 Å². The summed E-state index contributed by atoms with van der Waals surface area (Å²) in [7, 11) is 0. The fourth-order valence-electron chi connectivity index (χ4n) is 6.51. The Hall–Kier alpha value is -4.13. The Morgan fingerprint density at radius 2 is 1.43 bits per heavy atom. The van der Waals surface area contributed by atoms with E-state index in [1.807, 2.05) is 30.3 Å². The number of ether oxygens (including phenoxy) is 3. The summed E-state index contributed by atoms with van der Waals surface area (Å²) >= 11 is 0. The molecular weight excluding hydrogens is 580 g/mol. The molecule has 1 unspecified atom stereocenters. The Bertz CT molecular complexity index is 1510. The number of benzene rings is 3. The molecule has 0 heterocycles. The molecule has 0 aromatic heterocycles. The van der Waals surface area contributed by atoms with Gasteiger partial charge in [0.15, 0.2) is 0 Å². The van der Waals surface area contributed by atoms with Gasteiger partial charge in [-0.25, -0.2) is 14.4 Å². The van der Waals surface area contributed by atoms with E-state index in [4.69, 9.17) is 14.2 Å². The summed E-state index contributed by atoms with van der Waals surface area (Å²) in [6.45, 7) is 2.92. The highest BCUT2D eigenvalue weighted by molar-refractivity contribution is 5.96. The topological polar surface area (TPSA) is 99.1 Å². The molecule has 7 nitrogen and oxygen atoms in total. The van der Waals surface area contributed by atoms with Gasteiger partial charge in [-0.15, -0.1) is 0 Å². The third kappa shape index (κ3) is 8.77. The highest BCUT2D eigenvalue weighted by Crippen LogP contribution is 2.34. The fraction of sp³-hybridized carbons (Fsp3) is 0.462. The molecule has 0 saturated carbocycles. The molecule has 0 fully saturated rings. The molecule has 2 aliphatic carbocycles. The van der Waals surface area contributed by atoms with Crippen LogP contribution in [0.5, 0.6) is 11.5 Å². The summed E-state index contributed by atoms with van der Waals surface area (Å²) < 4.78 is 17.5. The minimum Gasteiger partial charge on any atom is -0.494 e. The van der Waals surface area contributed by atoms with Crippen LogP contribution in [-0.2, 0) is 30.4 Å². The minimum absolute atomic E-state index is 0.0117. The maximum absolute atomic E-state index is 13.2. The summed E-state index contributed by atoms with van der Waals surface area (Å²) in [6.07, 6.45) is 15.1. The van der Waals surface area contributed by atoms with Crippen molar-refractivity contribution in [3.63, 3.8) is 0 Å².